The van der Waals surface area contributed by atoms with Gasteiger partial charge in [0.2, 0.25) is 5.88 Å². The smallest absolute Gasteiger partial charge is 0.252 e. The number of benzene rings is 3. The van der Waals surface area contributed by atoms with E-state index >= 15 is 0 Å². The molecule has 32 heavy (non-hydrogen) atoms. The van der Waals surface area contributed by atoms with Crippen LogP contribution in [0.2, 0.25) is 0 Å². The second-order valence-electron chi connectivity index (χ2n) is 7.94. The van der Waals surface area contributed by atoms with Crippen LogP contribution in [0, 0.1) is 6.92 Å². The Bertz CT molecular complexity index is 1300. The van der Waals surface area contributed by atoms with Crippen LogP contribution in [0.25, 0.3) is 22.0 Å². The molecule has 6 nitrogen and oxygen atoms in total. The highest BCUT2D eigenvalue weighted by molar-refractivity contribution is 6.07. The van der Waals surface area contributed by atoms with Crippen molar-refractivity contribution in [1.29, 1.82) is 0 Å². The van der Waals surface area contributed by atoms with Gasteiger partial charge in [-0.25, -0.2) is 0 Å². The van der Waals surface area contributed by atoms with Crippen LogP contribution >= 0.6 is 0 Å². The van der Waals surface area contributed by atoms with Crippen LogP contribution in [0.4, 0.5) is 0 Å². The molecule has 6 heteroatoms. The van der Waals surface area contributed by atoms with E-state index in [1.165, 1.54) is 0 Å². The molecule has 1 aliphatic heterocycles. The number of fused-ring (bicyclic) bond motifs is 2. The first-order valence-corrected chi connectivity index (χ1v) is 10.6. The Morgan fingerprint density at radius 1 is 1.09 bits per heavy atom. The maximum absolute atomic E-state index is 12.9. The summed E-state index contributed by atoms with van der Waals surface area (Å²) < 4.78 is 11.4. The van der Waals surface area contributed by atoms with E-state index in [2.05, 4.69) is 28.5 Å². The number of carbonyl (C=O) groups excluding carboxylic acids is 1. The van der Waals surface area contributed by atoms with Crippen LogP contribution in [0.3, 0.4) is 0 Å². The van der Waals surface area contributed by atoms with Gasteiger partial charge in [-0.2, -0.15) is 0 Å². The molecule has 0 spiro atoms. The van der Waals surface area contributed by atoms with Crippen molar-refractivity contribution in [3.8, 4) is 22.9 Å². The fraction of sp³-hybridized carbons (Fsp3) is 0.192. The highest BCUT2D eigenvalue weighted by atomic mass is 16.5. The predicted octanol–water partition coefficient (Wildman–Crippen LogP) is 4.35. The van der Waals surface area contributed by atoms with Gasteiger partial charge < -0.3 is 14.8 Å². The fourth-order valence-corrected chi connectivity index (χ4v) is 4.19. The van der Waals surface area contributed by atoms with Crippen LogP contribution < -0.4 is 14.8 Å². The van der Waals surface area contributed by atoms with Gasteiger partial charge in [0, 0.05) is 23.6 Å². The number of hydrogen-bond donors (Lipinski definition) is 1. The zero-order valence-corrected chi connectivity index (χ0v) is 18.0. The number of rotatable bonds is 5. The Labute approximate surface area is 186 Å². The molecular weight excluding hydrogens is 402 g/mol. The number of aromatic nitrogens is 2. The molecule has 4 aromatic rings. The van der Waals surface area contributed by atoms with Crippen molar-refractivity contribution in [2.45, 2.75) is 19.4 Å². The van der Waals surface area contributed by atoms with Crippen molar-refractivity contribution in [3.63, 3.8) is 0 Å². The highest BCUT2D eigenvalue weighted by Crippen LogP contribution is 2.39. The van der Waals surface area contributed by atoms with Crippen LogP contribution in [0.15, 0.2) is 66.7 Å². The zero-order chi connectivity index (χ0) is 22.1. The first-order chi connectivity index (χ1) is 15.6. The van der Waals surface area contributed by atoms with Crippen molar-refractivity contribution < 1.29 is 14.3 Å². The molecule has 0 saturated carbocycles. The third-order valence-corrected chi connectivity index (χ3v) is 5.69. The summed E-state index contributed by atoms with van der Waals surface area (Å²) in [6, 6.07) is 21.5. The van der Waals surface area contributed by atoms with Crippen molar-refractivity contribution >= 4 is 16.7 Å². The Morgan fingerprint density at radius 2 is 1.94 bits per heavy atom. The lowest BCUT2D eigenvalue weighted by Crippen LogP contribution is -2.34. The molecule has 3 aromatic carbocycles. The second kappa shape index (κ2) is 8.30. The minimum Gasteiger partial charge on any atom is -0.487 e. The van der Waals surface area contributed by atoms with Gasteiger partial charge in [-0.1, -0.05) is 42.5 Å². The molecule has 160 valence electrons. The molecule has 1 unspecified atom stereocenters. The molecule has 0 radical (unpaired) electrons. The van der Waals surface area contributed by atoms with Crippen molar-refractivity contribution in [2.24, 2.45) is 0 Å². The molecule has 1 N–H and O–H groups in total. The fourth-order valence-electron chi connectivity index (χ4n) is 4.19. The van der Waals surface area contributed by atoms with Gasteiger partial charge in [-0.3, -0.25) is 4.79 Å². The summed E-state index contributed by atoms with van der Waals surface area (Å²) in [5.74, 6) is 1.17. The number of methoxy groups -OCH3 is 1. The Kier molecular flexibility index (Phi) is 5.19. The van der Waals surface area contributed by atoms with E-state index in [-0.39, 0.29) is 12.0 Å². The van der Waals surface area contributed by atoms with Gasteiger partial charge in [0.05, 0.1) is 19.3 Å². The third-order valence-electron chi connectivity index (χ3n) is 5.69. The summed E-state index contributed by atoms with van der Waals surface area (Å²) >= 11 is 0. The molecule has 0 fully saturated rings. The molecule has 1 aliphatic rings. The molecule has 1 amide bonds. The molecule has 2 heterocycles. The molecule has 5 rings (SSSR count). The summed E-state index contributed by atoms with van der Waals surface area (Å²) in [6.45, 7) is 2.47. The van der Waals surface area contributed by atoms with Gasteiger partial charge in [0.1, 0.15) is 11.9 Å². The van der Waals surface area contributed by atoms with Crippen molar-refractivity contribution in [3.05, 3.63) is 83.4 Å². The highest BCUT2D eigenvalue weighted by Gasteiger charge is 2.27. The van der Waals surface area contributed by atoms with E-state index in [4.69, 9.17) is 9.47 Å². The Hall–Kier alpha value is -3.93. The number of hydrogen-bond acceptors (Lipinski definition) is 5. The van der Waals surface area contributed by atoms with E-state index < -0.39 is 0 Å². The minimum absolute atomic E-state index is 0.0984. The SMILES string of the molecule is COc1ccc(-c2cc(C)cc3c2OC(CNC(=O)c2cccc4ccccc24)C3)nn1. The first kappa shape index (κ1) is 20.0. The van der Waals surface area contributed by atoms with Gasteiger partial charge in [0.25, 0.3) is 5.91 Å². The van der Waals surface area contributed by atoms with E-state index in [1.807, 2.05) is 54.6 Å². The molecule has 1 aromatic heterocycles. The average Bonchev–Trinajstić information content (AvgIpc) is 3.24. The normalized spacial score (nSPS) is 14.6. The van der Waals surface area contributed by atoms with Crippen molar-refractivity contribution in [1.82, 2.24) is 15.5 Å². The first-order valence-electron chi connectivity index (χ1n) is 10.6. The second-order valence-corrected chi connectivity index (χ2v) is 7.94. The Morgan fingerprint density at radius 3 is 2.75 bits per heavy atom. The third kappa shape index (κ3) is 3.75. The van der Waals surface area contributed by atoms with Gasteiger partial charge in [-0.15, -0.1) is 10.2 Å². The van der Waals surface area contributed by atoms with Gasteiger partial charge in [0.15, 0.2) is 0 Å². The van der Waals surface area contributed by atoms with E-state index in [1.54, 1.807) is 13.2 Å². The molecule has 0 saturated heterocycles. The molecule has 1 atom stereocenters. The van der Waals surface area contributed by atoms with Crippen LogP contribution in [0.1, 0.15) is 21.5 Å². The zero-order valence-electron chi connectivity index (χ0n) is 18.0. The van der Waals surface area contributed by atoms with E-state index in [0.29, 0.717) is 18.0 Å². The summed E-state index contributed by atoms with van der Waals surface area (Å²) in [5.41, 5.74) is 4.54. The standard InChI is InChI=1S/C26H23N3O3/c1-16-12-18-14-19(32-25(18)22(13-16)23-10-11-24(31-2)29-28-23)15-27-26(30)21-9-5-7-17-6-3-4-8-20(17)21/h3-13,19H,14-15H2,1-2H3,(H,27,30). The molecule has 0 bridgehead atoms. The number of amides is 1. The predicted molar refractivity (Wildman–Crippen MR) is 123 cm³/mol. The topological polar surface area (TPSA) is 73.3 Å². The summed E-state index contributed by atoms with van der Waals surface area (Å²) in [5, 5.41) is 13.4. The largest absolute Gasteiger partial charge is 0.487 e. The molecule has 0 aliphatic carbocycles. The maximum Gasteiger partial charge on any atom is 0.252 e. The van der Waals surface area contributed by atoms with Crippen LogP contribution in [-0.4, -0.2) is 35.9 Å². The van der Waals surface area contributed by atoms with E-state index in [0.717, 1.165) is 45.3 Å². The number of nitrogens with one attached hydrogen (secondary N) is 1. The van der Waals surface area contributed by atoms with Crippen LogP contribution in [-0.2, 0) is 6.42 Å². The quantitative estimate of drug-likeness (QED) is 0.515. The number of nitrogens with zero attached hydrogens (tertiary/aromatic N) is 2. The lowest BCUT2D eigenvalue weighted by molar-refractivity contribution is 0.0935. The summed E-state index contributed by atoms with van der Waals surface area (Å²) in [6.07, 6.45) is 0.583. The monoisotopic (exact) mass is 425 g/mol. The Balaban J connectivity index is 1.33. The number of carbonyl (C=O) groups is 1. The number of ether oxygens (including phenoxy) is 2. The molecular formula is C26H23N3O3. The lowest BCUT2D eigenvalue weighted by atomic mass is 10.0. The maximum atomic E-state index is 12.9. The van der Waals surface area contributed by atoms with Gasteiger partial charge in [-0.05, 0) is 47.0 Å². The summed E-state index contributed by atoms with van der Waals surface area (Å²) in [4.78, 5) is 12.9. The van der Waals surface area contributed by atoms with E-state index in [9.17, 15) is 4.79 Å². The number of aryl methyl sites for hydroxylation is 1. The minimum atomic E-state index is -0.143. The average molecular weight is 425 g/mol. The summed E-state index contributed by atoms with van der Waals surface area (Å²) in [7, 11) is 1.56. The lowest BCUT2D eigenvalue weighted by Gasteiger charge is -2.14. The van der Waals surface area contributed by atoms with Gasteiger partial charge >= 0.3 is 0 Å². The van der Waals surface area contributed by atoms with Crippen LogP contribution in [0.5, 0.6) is 11.6 Å². The van der Waals surface area contributed by atoms with Crippen molar-refractivity contribution in [2.75, 3.05) is 13.7 Å².